The van der Waals surface area contributed by atoms with Gasteiger partial charge in [0.05, 0.1) is 10.5 Å². The minimum Gasteiger partial charge on any atom is -0.371 e. The van der Waals surface area contributed by atoms with Crippen molar-refractivity contribution in [3.8, 4) is 0 Å². The number of anilines is 1. The van der Waals surface area contributed by atoms with Crippen molar-refractivity contribution in [2.75, 3.05) is 18.0 Å². The van der Waals surface area contributed by atoms with E-state index >= 15 is 0 Å². The number of piperidine rings is 1. The lowest BCUT2D eigenvalue weighted by Gasteiger charge is -2.29. The molecule has 0 bridgehead atoms. The molecule has 0 N–H and O–H groups in total. The maximum atomic E-state index is 11.4. The van der Waals surface area contributed by atoms with Gasteiger partial charge in [-0.15, -0.1) is 0 Å². The summed E-state index contributed by atoms with van der Waals surface area (Å²) in [5.41, 5.74) is 0.799. The summed E-state index contributed by atoms with van der Waals surface area (Å²) >= 11 is 5.52. The van der Waals surface area contributed by atoms with Crippen LogP contribution in [0.4, 0.5) is 11.4 Å². The topological polar surface area (TPSA) is 63.4 Å². The molecule has 0 radical (unpaired) electrons. The Labute approximate surface area is 109 Å². The minimum absolute atomic E-state index is 0.111. The van der Waals surface area contributed by atoms with E-state index in [4.69, 9.17) is 11.6 Å². The predicted octanol–water partition coefficient (Wildman–Crippen LogP) is 2.96. The van der Waals surface area contributed by atoms with Crippen molar-refractivity contribution in [2.45, 2.75) is 19.3 Å². The maximum Gasteiger partial charge on any atom is 0.270 e. The summed E-state index contributed by atoms with van der Waals surface area (Å²) in [5, 5.41) is 10.0. The van der Waals surface area contributed by atoms with E-state index < -0.39 is 10.2 Å². The molecule has 1 fully saturated rings. The molecule has 1 aliphatic heterocycles. The van der Waals surface area contributed by atoms with Crippen LogP contribution in [0, 0.1) is 10.1 Å². The number of carbonyl (C=O) groups is 1. The third-order valence-corrected chi connectivity index (χ3v) is 3.30. The average molecular weight is 269 g/mol. The quantitative estimate of drug-likeness (QED) is 0.480. The first kappa shape index (κ1) is 12.8. The van der Waals surface area contributed by atoms with E-state index in [2.05, 4.69) is 4.90 Å². The molecule has 1 aromatic carbocycles. The Balaban J connectivity index is 2.39. The van der Waals surface area contributed by atoms with Gasteiger partial charge in [0.15, 0.2) is 0 Å². The molecule has 0 atom stereocenters. The van der Waals surface area contributed by atoms with Crippen molar-refractivity contribution >= 4 is 28.2 Å². The largest absolute Gasteiger partial charge is 0.371 e. The molecule has 1 aromatic rings. The normalized spacial score (nSPS) is 15.5. The van der Waals surface area contributed by atoms with E-state index in [1.807, 2.05) is 0 Å². The second-order valence-corrected chi connectivity index (χ2v) is 4.62. The highest BCUT2D eigenvalue weighted by molar-refractivity contribution is 6.68. The van der Waals surface area contributed by atoms with Gasteiger partial charge in [0.25, 0.3) is 10.9 Å². The molecule has 0 unspecified atom stereocenters. The lowest BCUT2D eigenvalue weighted by atomic mass is 10.1. The minimum atomic E-state index is -0.653. The van der Waals surface area contributed by atoms with Crippen molar-refractivity contribution in [3.63, 3.8) is 0 Å². The highest BCUT2D eigenvalue weighted by atomic mass is 35.5. The van der Waals surface area contributed by atoms with Gasteiger partial charge in [-0.25, -0.2) is 0 Å². The van der Waals surface area contributed by atoms with Crippen LogP contribution in [0.5, 0.6) is 0 Å². The summed E-state index contributed by atoms with van der Waals surface area (Å²) in [6, 6.07) is 4.27. The standard InChI is InChI=1S/C12H13ClN2O3/c13-12(16)10-8-9(15(17)18)4-5-11(10)14-6-2-1-3-7-14/h4-5,8H,1-3,6-7H2. The number of rotatable bonds is 3. The van der Waals surface area contributed by atoms with E-state index in [1.165, 1.54) is 18.6 Å². The second kappa shape index (κ2) is 5.35. The molecule has 0 aliphatic carbocycles. The number of benzene rings is 1. The van der Waals surface area contributed by atoms with Crippen LogP contribution >= 0.6 is 11.6 Å². The van der Waals surface area contributed by atoms with E-state index in [0.717, 1.165) is 25.9 Å². The first-order valence-corrected chi connectivity index (χ1v) is 6.20. The summed E-state index contributed by atoms with van der Waals surface area (Å²) in [7, 11) is 0. The zero-order valence-corrected chi connectivity index (χ0v) is 10.5. The second-order valence-electron chi connectivity index (χ2n) is 4.28. The smallest absolute Gasteiger partial charge is 0.270 e. The Morgan fingerprint density at radius 2 is 1.94 bits per heavy atom. The molecule has 1 aliphatic rings. The summed E-state index contributed by atoms with van der Waals surface area (Å²) in [5.74, 6) is 0. The van der Waals surface area contributed by atoms with Crippen LogP contribution < -0.4 is 4.90 Å². The van der Waals surface area contributed by atoms with Crippen LogP contribution in [0.15, 0.2) is 18.2 Å². The van der Waals surface area contributed by atoms with Gasteiger partial charge in [0.1, 0.15) is 0 Å². The molecule has 1 saturated heterocycles. The van der Waals surface area contributed by atoms with Gasteiger partial charge in [-0.3, -0.25) is 14.9 Å². The molecule has 96 valence electrons. The van der Waals surface area contributed by atoms with Crippen molar-refractivity contribution < 1.29 is 9.72 Å². The Bertz CT molecular complexity index is 484. The molecule has 0 aromatic heterocycles. The summed E-state index contributed by atoms with van der Waals surface area (Å²) < 4.78 is 0. The fourth-order valence-electron chi connectivity index (χ4n) is 2.21. The Hall–Kier alpha value is -1.62. The first-order chi connectivity index (χ1) is 8.59. The van der Waals surface area contributed by atoms with Gasteiger partial charge in [-0.05, 0) is 36.9 Å². The summed E-state index contributed by atoms with van der Waals surface area (Å²) in [4.78, 5) is 23.6. The number of hydrogen-bond acceptors (Lipinski definition) is 4. The zero-order chi connectivity index (χ0) is 13.1. The number of nitro benzene ring substituents is 1. The van der Waals surface area contributed by atoms with Gasteiger partial charge >= 0.3 is 0 Å². The number of nitro groups is 1. The number of hydrogen-bond donors (Lipinski definition) is 0. The maximum absolute atomic E-state index is 11.4. The van der Waals surface area contributed by atoms with Crippen LogP contribution in [0.1, 0.15) is 29.6 Å². The SMILES string of the molecule is O=C(Cl)c1cc([N+](=O)[O-])ccc1N1CCCCC1. The lowest BCUT2D eigenvalue weighted by molar-refractivity contribution is -0.384. The van der Waals surface area contributed by atoms with Crippen LogP contribution in [-0.2, 0) is 0 Å². The van der Waals surface area contributed by atoms with Gasteiger partial charge in [0, 0.05) is 30.9 Å². The monoisotopic (exact) mass is 268 g/mol. The number of non-ortho nitro benzene ring substituents is 1. The Kier molecular flexibility index (Phi) is 3.81. The lowest BCUT2D eigenvalue weighted by Crippen LogP contribution is -2.30. The average Bonchev–Trinajstić information content (AvgIpc) is 2.39. The highest BCUT2D eigenvalue weighted by Gasteiger charge is 2.20. The summed E-state index contributed by atoms with van der Waals surface area (Å²) in [6.07, 6.45) is 3.30. The Morgan fingerprint density at radius 3 is 2.50 bits per heavy atom. The number of nitrogens with zero attached hydrogens (tertiary/aromatic N) is 2. The van der Waals surface area contributed by atoms with Crippen LogP contribution in [0.3, 0.4) is 0 Å². The van der Waals surface area contributed by atoms with Crippen molar-refractivity contribution in [3.05, 3.63) is 33.9 Å². The summed E-state index contributed by atoms with van der Waals surface area (Å²) in [6.45, 7) is 1.71. The fraction of sp³-hybridized carbons (Fsp3) is 0.417. The van der Waals surface area contributed by atoms with Gasteiger partial charge in [-0.2, -0.15) is 0 Å². The van der Waals surface area contributed by atoms with Gasteiger partial charge in [0.2, 0.25) is 0 Å². The van der Waals surface area contributed by atoms with Gasteiger partial charge in [-0.1, -0.05) is 0 Å². The fourth-order valence-corrected chi connectivity index (χ4v) is 2.36. The van der Waals surface area contributed by atoms with E-state index in [-0.39, 0.29) is 11.3 Å². The van der Waals surface area contributed by atoms with Gasteiger partial charge < -0.3 is 4.90 Å². The van der Waals surface area contributed by atoms with Crippen LogP contribution in [0.2, 0.25) is 0 Å². The van der Waals surface area contributed by atoms with Crippen LogP contribution in [0.25, 0.3) is 0 Å². The zero-order valence-electron chi connectivity index (χ0n) is 9.76. The molecule has 6 heteroatoms. The molecule has 0 saturated carbocycles. The van der Waals surface area contributed by atoms with E-state index in [9.17, 15) is 14.9 Å². The molecular weight excluding hydrogens is 256 g/mol. The van der Waals surface area contributed by atoms with Crippen molar-refractivity contribution in [1.29, 1.82) is 0 Å². The molecule has 0 amide bonds. The Morgan fingerprint density at radius 1 is 1.28 bits per heavy atom. The number of carbonyl (C=O) groups excluding carboxylic acids is 1. The molecule has 0 spiro atoms. The van der Waals surface area contributed by atoms with E-state index in [1.54, 1.807) is 6.07 Å². The molecule has 1 heterocycles. The molecule has 18 heavy (non-hydrogen) atoms. The molecular formula is C12H13ClN2O3. The van der Waals surface area contributed by atoms with E-state index in [0.29, 0.717) is 5.69 Å². The third kappa shape index (κ3) is 2.61. The number of halogens is 1. The van der Waals surface area contributed by atoms with Crippen molar-refractivity contribution in [2.24, 2.45) is 0 Å². The van der Waals surface area contributed by atoms with Crippen molar-refractivity contribution in [1.82, 2.24) is 0 Å². The molecule has 5 nitrogen and oxygen atoms in total. The third-order valence-electron chi connectivity index (χ3n) is 3.10. The molecule has 2 rings (SSSR count). The highest BCUT2D eigenvalue weighted by Crippen LogP contribution is 2.28. The van der Waals surface area contributed by atoms with Crippen LogP contribution in [-0.4, -0.2) is 23.3 Å². The predicted molar refractivity (Wildman–Crippen MR) is 69.3 cm³/mol. The first-order valence-electron chi connectivity index (χ1n) is 5.83.